The van der Waals surface area contributed by atoms with Gasteiger partial charge >= 0.3 is 0 Å². The van der Waals surface area contributed by atoms with Gasteiger partial charge in [-0.1, -0.05) is 54.1 Å². The Hall–Kier alpha value is -3.47. The van der Waals surface area contributed by atoms with Gasteiger partial charge in [0.15, 0.2) is 5.76 Å². The minimum Gasteiger partial charge on any atom is -0.503 e. The molecule has 4 rings (SSSR count). The van der Waals surface area contributed by atoms with E-state index < -0.39 is 11.9 Å². The quantitative estimate of drug-likeness (QED) is 0.653. The van der Waals surface area contributed by atoms with Crippen molar-refractivity contribution in [2.75, 3.05) is 0 Å². The van der Waals surface area contributed by atoms with Gasteiger partial charge < -0.3 is 10.0 Å². The van der Waals surface area contributed by atoms with Gasteiger partial charge in [-0.2, -0.15) is 0 Å². The third-order valence-electron chi connectivity index (χ3n) is 5.12. The number of amides is 1. The summed E-state index contributed by atoms with van der Waals surface area (Å²) in [5.74, 6) is -1.59. The maximum absolute atomic E-state index is 13.5. The van der Waals surface area contributed by atoms with Crippen molar-refractivity contribution in [3.05, 3.63) is 112 Å². The zero-order valence-corrected chi connectivity index (χ0v) is 15.8. The SMILES string of the molecule is Cc1ccc(C2=C(O)C(=O)N(Cc3ccc(F)cc3)C2c2ccc(F)cc2)cc1. The van der Waals surface area contributed by atoms with Crippen molar-refractivity contribution in [3.63, 3.8) is 0 Å². The van der Waals surface area contributed by atoms with Crippen molar-refractivity contribution in [3.8, 4) is 0 Å². The van der Waals surface area contributed by atoms with Crippen LogP contribution in [0.1, 0.15) is 28.3 Å². The molecule has 0 aromatic heterocycles. The first-order valence-corrected chi connectivity index (χ1v) is 9.25. The fourth-order valence-corrected chi connectivity index (χ4v) is 3.62. The number of aliphatic hydroxyl groups excluding tert-OH is 1. The van der Waals surface area contributed by atoms with E-state index in [0.29, 0.717) is 11.1 Å². The summed E-state index contributed by atoms with van der Waals surface area (Å²) in [4.78, 5) is 14.5. The second kappa shape index (κ2) is 7.51. The third kappa shape index (κ3) is 3.63. The van der Waals surface area contributed by atoms with Crippen molar-refractivity contribution in [1.82, 2.24) is 4.90 Å². The zero-order valence-electron chi connectivity index (χ0n) is 15.8. The number of aliphatic hydroxyl groups is 1. The van der Waals surface area contributed by atoms with Crippen LogP contribution >= 0.6 is 0 Å². The summed E-state index contributed by atoms with van der Waals surface area (Å²) < 4.78 is 26.8. The summed E-state index contributed by atoms with van der Waals surface area (Å²) in [7, 11) is 0. The molecular weight excluding hydrogens is 372 g/mol. The van der Waals surface area contributed by atoms with E-state index >= 15 is 0 Å². The van der Waals surface area contributed by atoms with Crippen molar-refractivity contribution in [2.45, 2.75) is 19.5 Å². The van der Waals surface area contributed by atoms with E-state index in [0.717, 1.165) is 16.7 Å². The second-order valence-corrected chi connectivity index (χ2v) is 7.14. The van der Waals surface area contributed by atoms with Crippen molar-refractivity contribution < 1.29 is 18.7 Å². The van der Waals surface area contributed by atoms with Crippen LogP contribution in [-0.4, -0.2) is 15.9 Å². The highest BCUT2D eigenvalue weighted by Crippen LogP contribution is 2.43. The molecule has 0 radical (unpaired) electrons. The lowest BCUT2D eigenvalue weighted by Gasteiger charge is -2.27. The molecule has 3 aromatic rings. The molecule has 29 heavy (non-hydrogen) atoms. The molecule has 1 heterocycles. The Morgan fingerprint density at radius 3 is 2.00 bits per heavy atom. The van der Waals surface area contributed by atoms with Crippen LogP contribution in [0.5, 0.6) is 0 Å². The first kappa shape index (κ1) is 18.9. The highest BCUT2D eigenvalue weighted by atomic mass is 19.1. The number of hydrogen-bond acceptors (Lipinski definition) is 2. The molecule has 146 valence electrons. The smallest absolute Gasteiger partial charge is 0.290 e. The monoisotopic (exact) mass is 391 g/mol. The zero-order chi connectivity index (χ0) is 20.5. The van der Waals surface area contributed by atoms with Gasteiger partial charge in [-0.3, -0.25) is 4.79 Å². The standard InChI is InChI=1S/C24H19F2NO2/c1-15-2-6-17(7-3-15)21-22(18-8-12-20(26)13-9-18)27(24(29)23(21)28)14-16-4-10-19(25)11-5-16/h2-13,22,28H,14H2,1H3. The minimum atomic E-state index is -0.587. The van der Waals surface area contributed by atoms with E-state index in [-0.39, 0.29) is 23.9 Å². The predicted molar refractivity (Wildman–Crippen MR) is 107 cm³/mol. The first-order valence-electron chi connectivity index (χ1n) is 9.25. The number of aryl methyl sites for hydroxylation is 1. The van der Waals surface area contributed by atoms with Crippen LogP contribution in [0.2, 0.25) is 0 Å². The van der Waals surface area contributed by atoms with Crippen LogP contribution in [-0.2, 0) is 11.3 Å². The normalized spacial score (nSPS) is 16.6. The lowest BCUT2D eigenvalue weighted by atomic mass is 9.93. The van der Waals surface area contributed by atoms with Crippen molar-refractivity contribution in [1.29, 1.82) is 0 Å². The summed E-state index contributed by atoms with van der Waals surface area (Å²) in [6.07, 6.45) is 0. The molecule has 0 fully saturated rings. The Bertz CT molecular complexity index is 1070. The number of rotatable bonds is 4. The Morgan fingerprint density at radius 2 is 1.41 bits per heavy atom. The average molecular weight is 391 g/mol. The predicted octanol–water partition coefficient (Wildman–Crippen LogP) is 5.33. The Labute approximate surface area is 167 Å². The molecule has 1 unspecified atom stereocenters. The number of halogens is 2. The van der Waals surface area contributed by atoms with Crippen molar-refractivity contribution >= 4 is 11.5 Å². The van der Waals surface area contributed by atoms with E-state index in [4.69, 9.17) is 0 Å². The summed E-state index contributed by atoms with van der Waals surface area (Å²) in [6, 6.07) is 18.7. The molecule has 0 aliphatic carbocycles. The van der Waals surface area contributed by atoms with Crippen molar-refractivity contribution in [2.24, 2.45) is 0 Å². The van der Waals surface area contributed by atoms with E-state index in [2.05, 4.69) is 0 Å². The average Bonchev–Trinajstić information content (AvgIpc) is 2.96. The van der Waals surface area contributed by atoms with E-state index in [9.17, 15) is 18.7 Å². The van der Waals surface area contributed by atoms with Gasteiger partial charge in [0.1, 0.15) is 11.6 Å². The Kier molecular flexibility index (Phi) is 4.89. The fraction of sp³-hybridized carbons (Fsp3) is 0.125. The second-order valence-electron chi connectivity index (χ2n) is 7.14. The van der Waals surface area contributed by atoms with Crippen LogP contribution in [0.3, 0.4) is 0 Å². The molecule has 5 heteroatoms. The summed E-state index contributed by atoms with van der Waals surface area (Å²) in [5.41, 5.74) is 3.66. The van der Waals surface area contributed by atoms with E-state index in [1.807, 2.05) is 31.2 Å². The number of benzene rings is 3. The van der Waals surface area contributed by atoms with Gasteiger partial charge in [0.2, 0.25) is 0 Å². The van der Waals surface area contributed by atoms with Gasteiger partial charge in [0.05, 0.1) is 6.04 Å². The van der Waals surface area contributed by atoms with Crippen LogP contribution in [0, 0.1) is 18.6 Å². The molecule has 3 aromatic carbocycles. The molecule has 0 spiro atoms. The Morgan fingerprint density at radius 1 is 0.862 bits per heavy atom. The first-order chi connectivity index (χ1) is 13.9. The molecule has 0 saturated carbocycles. The highest BCUT2D eigenvalue weighted by Gasteiger charge is 2.40. The van der Waals surface area contributed by atoms with Crippen LogP contribution in [0.25, 0.3) is 5.57 Å². The summed E-state index contributed by atoms with van der Waals surface area (Å²) in [6.45, 7) is 2.14. The molecule has 1 aliphatic heterocycles. The molecule has 1 N–H and O–H groups in total. The maximum atomic E-state index is 13.5. The molecular formula is C24H19F2NO2. The number of nitrogens with zero attached hydrogens (tertiary/aromatic N) is 1. The minimum absolute atomic E-state index is 0.181. The topological polar surface area (TPSA) is 40.5 Å². The lowest BCUT2D eigenvalue weighted by Crippen LogP contribution is -2.29. The maximum Gasteiger partial charge on any atom is 0.290 e. The van der Waals surface area contributed by atoms with E-state index in [1.54, 1.807) is 24.3 Å². The molecule has 1 atom stereocenters. The summed E-state index contributed by atoms with van der Waals surface area (Å²) >= 11 is 0. The van der Waals surface area contributed by atoms with Gasteiger partial charge in [0, 0.05) is 12.1 Å². The van der Waals surface area contributed by atoms with Gasteiger partial charge in [0.25, 0.3) is 5.91 Å². The highest BCUT2D eigenvalue weighted by molar-refractivity contribution is 6.05. The van der Waals surface area contributed by atoms with Gasteiger partial charge in [-0.05, 0) is 47.9 Å². The summed E-state index contributed by atoms with van der Waals surface area (Å²) in [5, 5.41) is 10.7. The third-order valence-corrected chi connectivity index (χ3v) is 5.12. The number of carbonyl (C=O) groups is 1. The molecule has 0 saturated heterocycles. The molecule has 1 amide bonds. The molecule has 1 aliphatic rings. The fourth-order valence-electron chi connectivity index (χ4n) is 3.62. The number of hydrogen-bond donors (Lipinski definition) is 1. The van der Waals surface area contributed by atoms with Crippen LogP contribution in [0.4, 0.5) is 8.78 Å². The van der Waals surface area contributed by atoms with E-state index in [1.165, 1.54) is 29.2 Å². The molecule has 0 bridgehead atoms. The van der Waals surface area contributed by atoms with Crippen LogP contribution in [0.15, 0.2) is 78.6 Å². The largest absolute Gasteiger partial charge is 0.503 e. The number of carbonyl (C=O) groups excluding carboxylic acids is 1. The Balaban J connectivity index is 1.80. The van der Waals surface area contributed by atoms with Gasteiger partial charge in [-0.25, -0.2) is 8.78 Å². The molecule has 3 nitrogen and oxygen atoms in total. The van der Waals surface area contributed by atoms with Gasteiger partial charge in [-0.15, -0.1) is 0 Å². The van der Waals surface area contributed by atoms with Crippen LogP contribution < -0.4 is 0 Å². The lowest BCUT2D eigenvalue weighted by molar-refractivity contribution is -0.130.